The fraction of sp³-hybridized carbons (Fsp3) is 0.500. The summed E-state index contributed by atoms with van der Waals surface area (Å²) >= 11 is 0. The lowest BCUT2D eigenvalue weighted by Crippen LogP contribution is -2.44. The molecule has 116 valence electrons. The van der Waals surface area contributed by atoms with Crippen LogP contribution in [0.3, 0.4) is 0 Å². The Morgan fingerprint density at radius 2 is 1.76 bits per heavy atom. The second kappa shape index (κ2) is 8.29. The molecule has 0 aromatic heterocycles. The number of carbonyl (C=O) groups is 2. The summed E-state index contributed by atoms with van der Waals surface area (Å²) in [6.07, 6.45) is 1.92. The summed E-state index contributed by atoms with van der Waals surface area (Å²) in [5.74, 6) is -0.560. The average Bonchev–Trinajstić information content (AvgIpc) is 2.45. The lowest BCUT2D eigenvalue weighted by Gasteiger charge is -2.20. The van der Waals surface area contributed by atoms with E-state index in [0.717, 1.165) is 12.8 Å². The van der Waals surface area contributed by atoms with Gasteiger partial charge in [-0.2, -0.15) is 0 Å². The predicted molar refractivity (Wildman–Crippen MR) is 82.0 cm³/mol. The number of aliphatic carboxylic acids is 1. The van der Waals surface area contributed by atoms with Crippen molar-refractivity contribution in [2.75, 3.05) is 0 Å². The van der Waals surface area contributed by atoms with Gasteiger partial charge in [0, 0.05) is 6.04 Å². The van der Waals surface area contributed by atoms with Crippen molar-refractivity contribution >= 4 is 12.0 Å². The number of carboxylic acid groups (broad SMARTS) is 1. The predicted octanol–water partition coefficient (Wildman–Crippen LogP) is 2.94. The summed E-state index contributed by atoms with van der Waals surface area (Å²) in [6.45, 7) is 6.15. The number of benzene rings is 1. The molecule has 0 fully saturated rings. The van der Waals surface area contributed by atoms with Gasteiger partial charge in [-0.3, -0.25) is 0 Å². The van der Waals surface area contributed by atoms with Crippen LogP contribution in [0, 0.1) is 5.92 Å². The first-order chi connectivity index (χ1) is 9.93. The molecule has 0 aliphatic carbocycles. The Morgan fingerprint density at radius 1 is 1.14 bits per heavy atom. The monoisotopic (exact) mass is 292 g/mol. The standard InChI is InChI=1S/C16H24N2O3/c1-4-11(2)10-12(3)17-16(21)18-14(15(19)20)13-8-6-5-7-9-13/h5-9,11-12,14H,4,10H2,1-3H3,(H,19,20)(H2,17,18,21)/t11?,12?,14-/m1/s1. The van der Waals surface area contributed by atoms with Gasteiger partial charge in [-0.25, -0.2) is 9.59 Å². The summed E-state index contributed by atoms with van der Waals surface area (Å²) in [5, 5.41) is 14.5. The van der Waals surface area contributed by atoms with E-state index in [4.69, 9.17) is 0 Å². The first-order valence-electron chi connectivity index (χ1n) is 7.28. The van der Waals surface area contributed by atoms with Gasteiger partial charge < -0.3 is 15.7 Å². The summed E-state index contributed by atoms with van der Waals surface area (Å²) in [7, 11) is 0. The molecule has 0 aliphatic heterocycles. The molecule has 1 rings (SSSR count). The van der Waals surface area contributed by atoms with Crippen molar-refractivity contribution in [3.05, 3.63) is 35.9 Å². The molecule has 1 aromatic carbocycles. The largest absolute Gasteiger partial charge is 0.479 e. The van der Waals surface area contributed by atoms with E-state index in [-0.39, 0.29) is 6.04 Å². The van der Waals surface area contributed by atoms with Crippen molar-refractivity contribution in [2.24, 2.45) is 5.92 Å². The molecule has 1 aromatic rings. The number of carbonyl (C=O) groups excluding carboxylic acids is 1. The zero-order chi connectivity index (χ0) is 15.8. The molecule has 0 bridgehead atoms. The molecular weight excluding hydrogens is 268 g/mol. The quantitative estimate of drug-likeness (QED) is 0.723. The summed E-state index contributed by atoms with van der Waals surface area (Å²) in [5.41, 5.74) is 0.551. The van der Waals surface area contributed by atoms with Crippen molar-refractivity contribution in [2.45, 2.75) is 45.7 Å². The van der Waals surface area contributed by atoms with Crippen LogP contribution in [0.4, 0.5) is 4.79 Å². The Morgan fingerprint density at radius 3 is 2.29 bits per heavy atom. The van der Waals surface area contributed by atoms with Crippen molar-refractivity contribution < 1.29 is 14.7 Å². The zero-order valence-corrected chi connectivity index (χ0v) is 12.8. The van der Waals surface area contributed by atoms with Crippen molar-refractivity contribution in [1.82, 2.24) is 10.6 Å². The van der Waals surface area contributed by atoms with Crippen LogP contribution < -0.4 is 10.6 Å². The van der Waals surface area contributed by atoms with Gasteiger partial charge in [0.15, 0.2) is 6.04 Å². The third-order valence-corrected chi connectivity index (χ3v) is 3.49. The van der Waals surface area contributed by atoms with Crippen LogP contribution in [-0.2, 0) is 4.79 Å². The number of urea groups is 1. The van der Waals surface area contributed by atoms with Gasteiger partial charge in [-0.1, -0.05) is 50.6 Å². The highest BCUT2D eigenvalue weighted by Gasteiger charge is 2.22. The SMILES string of the molecule is CCC(C)CC(C)NC(=O)N[C@@H](C(=O)O)c1ccccc1. The van der Waals surface area contributed by atoms with E-state index >= 15 is 0 Å². The average molecular weight is 292 g/mol. The van der Waals surface area contributed by atoms with Gasteiger partial charge in [0.1, 0.15) is 0 Å². The summed E-state index contributed by atoms with van der Waals surface area (Å²) < 4.78 is 0. The third-order valence-electron chi connectivity index (χ3n) is 3.49. The molecule has 21 heavy (non-hydrogen) atoms. The van der Waals surface area contributed by atoms with Gasteiger partial charge in [-0.15, -0.1) is 0 Å². The highest BCUT2D eigenvalue weighted by Crippen LogP contribution is 2.13. The third kappa shape index (κ3) is 5.85. The maximum atomic E-state index is 11.9. The first-order valence-corrected chi connectivity index (χ1v) is 7.28. The molecule has 0 spiro atoms. The molecular formula is C16H24N2O3. The Balaban J connectivity index is 2.60. The van der Waals surface area contributed by atoms with Gasteiger partial charge in [-0.05, 0) is 24.8 Å². The first kappa shape index (κ1) is 17.0. The second-order valence-corrected chi connectivity index (χ2v) is 5.45. The van der Waals surface area contributed by atoms with Gasteiger partial charge in [0.05, 0.1) is 0 Å². The fourth-order valence-electron chi connectivity index (χ4n) is 2.16. The lowest BCUT2D eigenvalue weighted by molar-refractivity contribution is -0.139. The molecule has 0 saturated heterocycles. The molecule has 3 atom stereocenters. The van der Waals surface area contributed by atoms with Crippen LogP contribution >= 0.6 is 0 Å². The molecule has 0 radical (unpaired) electrons. The number of nitrogens with one attached hydrogen (secondary N) is 2. The fourth-order valence-corrected chi connectivity index (χ4v) is 2.16. The Labute approximate surface area is 125 Å². The topological polar surface area (TPSA) is 78.4 Å². The van der Waals surface area contributed by atoms with Crippen molar-refractivity contribution in [1.29, 1.82) is 0 Å². The maximum Gasteiger partial charge on any atom is 0.330 e. The summed E-state index contributed by atoms with van der Waals surface area (Å²) in [4.78, 5) is 23.2. The summed E-state index contributed by atoms with van der Waals surface area (Å²) in [6, 6.07) is 7.17. The van der Waals surface area contributed by atoms with E-state index in [2.05, 4.69) is 24.5 Å². The highest BCUT2D eigenvalue weighted by molar-refractivity contribution is 5.83. The molecule has 0 saturated carbocycles. The van der Waals surface area contributed by atoms with E-state index in [1.807, 2.05) is 6.92 Å². The highest BCUT2D eigenvalue weighted by atomic mass is 16.4. The van der Waals surface area contributed by atoms with Crippen LogP contribution in [0.5, 0.6) is 0 Å². The van der Waals surface area contributed by atoms with Crippen LogP contribution in [0.15, 0.2) is 30.3 Å². The van der Waals surface area contributed by atoms with E-state index in [0.29, 0.717) is 11.5 Å². The minimum absolute atomic E-state index is 0.00479. The Hall–Kier alpha value is -2.04. The zero-order valence-electron chi connectivity index (χ0n) is 12.8. The number of hydrogen-bond donors (Lipinski definition) is 3. The smallest absolute Gasteiger partial charge is 0.330 e. The Bertz CT molecular complexity index is 462. The molecule has 2 amide bonds. The Kier molecular flexibility index (Phi) is 6.72. The van der Waals surface area contributed by atoms with E-state index in [1.54, 1.807) is 30.3 Å². The molecule has 0 aliphatic rings. The minimum atomic E-state index is -1.08. The van der Waals surface area contributed by atoms with Gasteiger partial charge >= 0.3 is 12.0 Å². The van der Waals surface area contributed by atoms with Gasteiger partial charge in [0.2, 0.25) is 0 Å². The molecule has 5 heteroatoms. The minimum Gasteiger partial charge on any atom is -0.479 e. The van der Waals surface area contributed by atoms with Gasteiger partial charge in [0.25, 0.3) is 0 Å². The molecule has 0 heterocycles. The lowest BCUT2D eigenvalue weighted by atomic mass is 10.0. The molecule has 3 N–H and O–H groups in total. The molecule has 5 nitrogen and oxygen atoms in total. The van der Waals surface area contributed by atoms with Crippen molar-refractivity contribution in [3.8, 4) is 0 Å². The second-order valence-electron chi connectivity index (χ2n) is 5.45. The van der Waals surface area contributed by atoms with Crippen molar-refractivity contribution in [3.63, 3.8) is 0 Å². The van der Waals surface area contributed by atoms with E-state index in [1.165, 1.54) is 0 Å². The number of hydrogen-bond acceptors (Lipinski definition) is 2. The van der Waals surface area contributed by atoms with Crippen LogP contribution in [0.25, 0.3) is 0 Å². The maximum absolute atomic E-state index is 11.9. The normalized spacial score (nSPS) is 14.8. The number of amides is 2. The van der Waals surface area contributed by atoms with E-state index in [9.17, 15) is 14.7 Å². The van der Waals surface area contributed by atoms with Crippen LogP contribution in [-0.4, -0.2) is 23.1 Å². The molecule has 2 unspecified atom stereocenters. The van der Waals surface area contributed by atoms with E-state index < -0.39 is 18.0 Å². The van der Waals surface area contributed by atoms with Crippen LogP contribution in [0.1, 0.15) is 45.2 Å². The van der Waals surface area contributed by atoms with Crippen LogP contribution in [0.2, 0.25) is 0 Å². The number of rotatable bonds is 7. The number of carboxylic acids is 1.